The predicted molar refractivity (Wildman–Crippen MR) is 101 cm³/mol. The van der Waals surface area contributed by atoms with E-state index in [4.69, 9.17) is 20.8 Å². The van der Waals surface area contributed by atoms with Gasteiger partial charge in [-0.1, -0.05) is 11.6 Å². The van der Waals surface area contributed by atoms with Crippen molar-refractivity contribution in [1.29, 1.82) is 0 Å². The molecule has 9 heteroatoms. The SMILES string of the molecule is Cl.O=C(CC1COCCN1)Nc1ccc(NC(=O)c2ccco2)c(Cl)c1. The molecule has 2 heterocycles. The molecule has 1 unspecified atom stereocenters. The molecule has 1 aromatic heterocycles. The monoisotopic (exact) mass is 399 g/mol. The Balaban J connectivity index is 0.00000243. The van der Waals surface area contributed by atoms with Crippen LogP contribution in [0.15, 0.2) is 41.0 Å². The van der Waals surface area contributed by atoms with Gasteiger partial charge in [0.05, 0.1) is 30.2 Å². The van der Waals surface area contributed by atoms with E-state index in [0.717, 1.165) is 6.54 Å². The molecule has 3 rings (SSSR count). The first-order valence-electron chi connectivity index (χ1n) is 7.87. The van der Waals surface area contributed by atoms with Crippen molar-refractivity contribution >= 4 is 47.2 Å². The highest BCUT2D eigenvalue weighted by molar-refractivity contribution is 6.34. The smallest absolute Gasteiger partial charge is 0.291 e. The van der Waals surface area contributed by atoms with Gasteiger partial charge in [0.15, 0.2) is 5.76 Å². The number of amides is 2. The number of furan rings is 1. The molecule has 1 aliphatic rings. The van der Waals surface area contributed by atoms with E-state index in [9.17, 15) is 9.59 Å². The van der Waals surface area contributed by atoms with Crippen molar-refractivity contribution in [2.45, 2.75) is 12.5 Å². The summed E-state index contributed by atoms with van der Waals surface area (Å²) in [6.07, 6.45) is 1.73. The molecule has 1 atom stereocenters. The second-order valence-electron chi connectivity index (χ2n) is 5.60. The molecular formula is C17H19Cl2N3O4. The molecule has 0 radical (unpaired) electrons. The van der Waals surface area contributed by atoms with Gasteiger partial charge in [0.25, 0.3) is 5.91 Å². The maximum Gasteiger partial charge on any atom is 0.291 e. The fraction of sp³-hybridized carbons (Fsp3) is 0.294. The highest BCUT2D eigenvalue weighted by Gasteiger charge is 2.17. The number of carbonyl (C=O) groups is 2. The fourth-order valence-electron chi connectivity index (χ4n) is 2.47. The summed E-state index contributed by atoms with van der Waals surface area (Å²) in [6, 6.07) is 8.08. The molecule has 0 spiro atoms. The minimum atomic E-state index is -0.396. The number of halogens is 2. The quantitative estimate of drug-likeness (QED) is 0.718. The van der Waals surface area contributed by atoms with Gasteiger partial charge in [-0.2, -0.15) is 0 Å². The first kappa shape index (κ1) is 20.3. The number of morpholine rings is 1. The number of hydrogen-bond acceptors (Lipinski definition) is 5. The van der Waals surface area contributed by atoms with Gasteiger partial charge in [0.2, 0.25) is 5.91 Å². The molecule has 2 amide bonds. The Kier molecular flexibility index (Phi) is 7.47. The predicted octanol–water partition coefficient (Wildman–Crippen LogP) is 2.92. The lowest BCUT2D eigenvalue weighted by molar-refractivity contribution is -0.117. The zero-order valence-electron chi connectivity index (χ0n) is 13.8. The topological polar surface area (TPSA) is 92.6 Å². The summed E-state index contributed by atoms with van der Waals surface area (Å²) in [7, 11) is 0. The lowest BCUT2D eigenvalue weighted by Crippen LogP contribution is -2.43. The van der Waals surface area contributed by atoms with Gasteiger partial charge in [0.1, 0.15) is 0 Å². The van der Waals surface area contributed by atoms with Gasteiger partial charge in [-0.15, -0.1) is 12.4 Å². The summed E-state index contributed by atoms with van der Waals surface area (Å²) in [4.78, 5) is 24.0. The Hall–Kier alpha value is -2.06. The van der Waals surface area contributed by atoms with Crippen LogP contribution in [0.1, 0.15) is 17.0 Å². The molecule has 26 heavy (non-hydrogen) atoms. The van der Waals surface area contributed by atoms with Crippen molar-refractivity contribution in [3.05, 3.63) is 47.4 Å². The lowest BCUT2D eigenvalue weighted by atomic mass is 10.2. The maximum absolute atomic E-state index is 12.1. The van der Waals surface area contributed by atoms with E-state index in [-0.39, 0.29) is 30.1 Å². The number of hydrogen-bond donors (Lipinski definition) is 3. The molecule has 140 valence electrons. The van der Waals surface area contributed by atoms with E-state index < -0.39 is 5.91 Å². The summed E-state index contributed by atoms with van der Waals surface area (Å²) in [6.45, 7) is 1.93. The average molecular weight is 400 g/mol. The maximum atomic E-state index is 12.1. The van der Waals surface area contributed by atoms with Crippen molar-refractivity contribution in [2.24, 2.45) is 0 Å². The lowest BCUT2D eigenvalue weighted by Gasteiger charge is -2.23. The van der Waals surface area contributed by atoms with E-state index in [1.807, 2.05) is 0 Å². The van der Waals surface area contributed by atoms with E-state index >= 15 is 0 Å². The second kappa shape index (κ2) is 9.59. The van der Waals surface area contributed by atoms with Gasteiger partial charge >= 0.3 is 0 Å². The molecule has 0 saturated carbocycles. The summed E-state index contributed by atoms with van der Waals surface area (Å²) in [5.74, 6) is -0.339. The number of carbonyl (C=O) groups excluding carboxylic acids is 2. The van der Waals surface area contributed by atoms with E-state index in [2.05, 4.69) is 16.0 Å². The van der Waals surface area contributed by atoms with Crippen molar-refractivity contribution in [1.82, 2.24) is 5.32 Å². The molecule has 1 saturated heterocycles. The second-order valence-corrected chi connectivity index (χ2v) is 6.01. The van der Waals surface area contributed by atoms with Crippen LogP contribution < -0.4 is 16.0 Å². The first-order valence-corrected chi connectivity index (χ1v) is 8.25. The van der Waals surface area contributed by atoms with Crippen LogP contribution in [0.5, 0.6) is 0 Å². The number of nitrogens with one attached hydrogen (secondary N) is 3. The third-order valence-corrected chi connectivity index (χ3v) is 3.99. The minimum absolute atomic E-state index is 0. The standard InChI is InChI=1S/C17H18ClN3O4.ClH/c18-13-8-11(20-16(22)9-12-10-24-7-5-19-12)3-4-14(13)21-17(23)15-2-1-6-25-15;/h1-4,6,8,12,19H,5,7,9-10H2,(H,20,22)(H,21,23);1H. The summed E-state index contributed by atoms with van der Waals surface area (Å²) < 4.78 is 10.4. The normalized spacial score (nSPS) is 16.4. The molecule has 0 bridgehead atoms. The Morgan fingerprint density at radius 1 is 1.27 bits per heavy atom. The van der Waals surface area contributed by atoms with Gasteiger partial charge in [0, 0.05) is 24.7 Å². The van der Waals surface area contributed by atoms with E-state index in [1.165, 1.54) is 6.26 Å². The number of ether oxygens (including phenoxy) is 1. The van der Waals surface area contributed by atoms with Gasteiger partial charge < -0.3 is 25.1 Å². The fourth-order valence-corrected chi connectivity index (χ4v) is 2.70. The van der Waals surface area contributed by atoms with Gasteiger partial charge in [-0.05, 0) is 30.3 Å². The van der Waals surface area contributed by atoms with Crippen molar-refractivity contribution < 1.29 is 18.7 Å². The largest absolute Gasteiger partial charge is 0.459 e. The molecule has 1 aliphatic heterocycles. The minimum Gasteiger partial charge on any atom is -0.459 e. The Labute approximate surface area is 161 Å². The highest BCUT2D eigenvalue weighted by Crippen LogP contribution is 2.26. The third-order valence-electron chi connectivity index (χ3n) is 3.68. The molecule has 3 N–H and O–H groups in total. The van der Waals surface area contributed by atoms with Gasteiger partial charge in [-0.25, -0.2) is 0 Å². The van der Waals surface area contributed by atoms with Crippen LogP contribution in [0.2, 0.25) is 5.02 Å². The zero-order valence-corrected chi connectivity index (χ0v) is 15.4. The summed E-state index contributed by atoms with van der Waals surface area (Å²) in [5.41, 5.74) is 0.992. The van der Waals surface area contributed by atoms with Crippen LogP contribution >= 0.6 is 24.0 Å². The van der Waals surface area contributed by atoms with Crippen LogP contribution in [-0.4, -0.2) is 37.6 Å². The zero-order chi connectivity index (χ0) is 17.6. The van der Waals surface area contributed by atoms with Crippen LogP contribution in [0, 0.1) is 0 Å². The summed E-state index contributed by atoms with van der Waals surface area (Å²) in [5, 5.41) is 8.98. The highest BCUT2D eigenvalue weighted by atomic mass is 35.5. The van der Waals surface area contributed by atoms with E-state index in [1.54, 1.807) is 30.3 Å². The number of benzene rings is 1. The molecule has 7 nitrogen and oxygen atoms in total. The third kappa shape index (κ3) is 5.47. The Morgan fingerprint density at radius 2 is 2.12 bits per heavy atom. The first-order chi connectivity index (χ1) is 12.1. The average Bonchev–Trinajstić information content (AvgIpc) is 3.13. The van der Waals surface area contributed by atoms with Crippen molar-refractivity contribution in [3.63, 3.8) is 0 Å². The Morgan fingerprint density at radius 3 is 2.77 bits per heavy atom. The van der Waals surface area contributed by atoms with Crippen LogP contribution in [0.25, 0.3) is 0 Å². The van der Waals surface area contributed by atoms with Crippen molar-refractivity contribution in [3.8, 4) is 0 Å². The molecule has 2 aromatic rings. The molecule has 1 aromatic carbocycles. The molecule has 0 aliphatic carbocycles. The number of rotatable bonds is 5. The van der Waals surface area contributed by atoms with Crippen molar-refractivity contribution in [2.75, 3.05) is 30.4 Å². The van der Waals surface area contributed by atoms with Crippen LogP contribution in [-0.2, 0) is 9.53 Å². The van der Waals surface area contributed by atoms with Gasteiger partial charge in [-0.3, -0.25) is 9.59 Å². The van der Waals surface area contributed by atoms with Crippen LogP contribution in [0.4, 0.5) is 11.4 Å². The Bertz CT molecular complexity index is 746. The van der Waals surface area contributed by atoms with E-state index in [0.29, 0.717) is 36.0 Å². The van der Waals surface area contributed by atoms with Crippen LogP contribution in [0.3, 0.4) is 0 Å². The summed E-state index contributed by atoms with van der Waals surface area (Å²) >= 11 is 6.18. The molecule has 1 fully saturated rings. The number of anilines is 2. The molecular weight excluding hydrogens is 381 g/mol.